The van der Waals surface area contributed by atoms with Gasteiger partial charge in [0.15, 0.2) is 0 Å². The van der Waals surface area contributed by atoms with Crippen LogP contribution in [-0.4, -0.2) is 39.8 Å². The second-order valence-corrected chi connectivity index (χ2v) is 4.14. The Hall–Kier alpha value is -0.150. The Labute approximate surface area is 109 Å². The van der Waals surface area contributed by atoms with Crippen molar-refractivity contribution in [1.29, 1.82) is 0 Å². The van der Waals surface area contributed by atoms with Crippen LogP contribution in [0.1, 0.15) is 6.42 Å². The van der Waals surface area contributed by atoms with Gasteiger partial charge in [-0.05, 0) is 0 Å². The number of hydrogen-bond donors (Lipinski definition) is 0. The van der Waals surface area contributed by atoms with Gasteiger partial charge in [-0.15, -0.1) is 0 Å². The summed E-state index contributed by atoms with van der Waals surface area (Å²) in [6.07, 6.45) is -0.838. The molecule has 15 heavy (non-hydrogen) atoms. The number of carbonyl (C=O) groups is 2. The molecule has 0 rings (SSSR count). The van der Waals surface area contributed by atoms with Crippen molar-refractivity contribution in [3.05, 3.63) is 0 Å². The van der Waals surface area contributed by atoms with Crippen molar-refractivity contribution < 1.29 is 61.6 Å². The molecule has 0 aromatic carbocycles. The van der Waals surface area contributed by atoms with Gasteiger partial charge in [-0.2, -0.15) is 8.42 Å². The van der Waals surface area contributed by atoms with Crippen molar-refractivity contribution in [3.8, 4) is 0 Å². The van der Waals surface area contributed by atoms with E-state index < -0.39 is 33.7 Å². The van der Waals surface area contributed by atoms with Crippen molar-refractivity contribution in [2.24, 2.45) is 0 Å². The molecule has 82 valence electrons. The first kappa shape index (κ1) is 17.3. The molecule has 1 unspecified atom stereocenters. The third-order valence-corrected chi connectivity index (χ3v) is 2.94. The quantitative estimate of drug-likeness (QED) is 0.271. The Morgan fingerprint density at radius 1 is 1.33 bits per heavy atom. The van der Waals surface area contributed by atoms with Crippen LogP contribution >= 0.6 is 0 Å². The summed E-state index contributed by atoms with van der Waals surface area (Å²) in [5.74, 6) is -2.88. The van der Waals surface area contributed by atoms with Crippen molar-refractivity contribution in [2.45, 2.75) is 11.7 Å². The minimum Gasteiger partial charge on any atom is -0.549 e. The molecule has 0 amide bonds. The van der Waals surface area contributed by atoms with E-state index in [-0.39, 0.29) is 29.6 Å². The fourth-order valence-electron chi connectivity index (χ4n) is 0.654. The predicted molar refractivity (Wildman–Crippen MR) is 41.4 cm³/mol. The molecule has 0 aliphatic rings. The van der Waals surface area contributed by atoms with E-state index in [0.717, 1.165) is 14.2 Å². The van der Waals surface area contributed by atoms with Crippen LogP contribution in [0.15, 0.2) is 0 Å². The zero-order chi connectivity index (χ0) is 11.4. The van der Waals surface area contributed by atoms with Crippen LogP contribution in [0.5, 0.6) is 0 Å². The van der Waals surface area contributed by atoms with Crippen molar-refractivity contribution in [2.75, 3.05) is 14.2 Å². The number of hydrogen-bond acceptors (Lipinski definition) is 7. The molecular weight excluding hydrogens is 239 g/mol. The van der Waals surface area contributed by atoms with Crippen LogP contribution in [0.2, 0.25) is 0 Å². The number of carbonyl (C=O) groups excluding carboxylic acids is 2. The standard InChI is InChI=1S/C6H10O7S.Na/c1-12-5(7)3-4(6(8)9)14(10,11)13-2;/h4H,3H2,1-2H3,(H,8,9);/q;+1/p-1. The van der Waals surface area contributed by atoms with Gasteiger partial charge < -0.3 is 14.6 Å². The maximum atomic E-state index is 10.9. The Kier molecular flexibility index (Phi) is 8.25. The molecule has 0 N–H and O–H groups in total. The van der Waals surface area contributed by atoms with Crippen LogP contribution in [0.3, 0.4) is 0 Å². The van der Waals surface area contributed by atoms with E-state index in [9.17, 15) is 23.1 Å². The van der Waals surface area contributed by atoms with E-state index >= 15 is 0 Å². The zero-order valence-electron chi connectivity index (χ0n) is 8.55. The summed E-state index contributed by atoms with van der Waals surface area (Å²) in [5.41, 5.74) is 0. The first-order valence-electron chi connectivity index (χ1n) is 3.42. The van der Waals surface area contributed by atoms with Gasteiger partial charge in [0.25, 0.3) is 10.1 Å². The van der Waals surface area contributed by atoms with Gasteiger partial charge in [-0.25, -0.2) is 0 Å². The predicted octanol–water partition coefficient (Wildman–Crippen LogP) is -5.35. The molecule has 0 radical (unpaired) electrons. The first-order chi connectivity index (χ1) is 6.35. The molecule has 0 heterocycles. The van der Waals surface area contributed by atoms with Gasteiger partial charge >= 0.3 is 35.5 Å². The monoisotopic (exact) mass is 248 g/mol. The van der Waals surface area contributed by atoms with Crippen LogP contribution < -0.4 is 34.7 Å². The first-order valence-corrected chi connectivity index (χ1v) is 4.89. The zero-order valence-corrected chi connectivity index (χ0v) is 11.4. The third-order valence-electron chi connectivity index (χ3n) is 1.42. The average Bonchev–Trinajstić information content (AvgIpc) is 2.12. The minimum atomic E-state index is -4.33. The summed E-state index contributed by atoms with van der Waals surface area (Å²) in [4.78, 5) is 21.0. The van der Waals surface area contributed by atoms with Crippen LogP contribution in [0.4, 0.5) is 0 Å². The van der Waals surface area contributed by atoms with Gasteiger partial charge in [0.1, 0.15) is 5.25 Å². The van der Waals surface area contributed by atoms with Crippen molar-refractivity contribution >= 4 is 22.1 Å². The van der Waals surface area contributed by atoms with E-state index in [4.69, 9.17) is 0 Å². The van der Waals surface area contributed by atoms with E-state index in [0.29, 0.717) is 0 Å². The van der Waals surface area contributed by atoms with E-state index in [1.54, 1.807) is 0 Å². The maximum absolute atomic E-state index is 10.9. The van der Waals surface area contributed by atoms with Gasteiger partial charge in [-0.3, -0.25) is 8.98 Å². The molecular formula is C6H9NaO7S. The van der Waals surface area contributed by atoms with E-state index in [1.807, 2.05) is 0 Å². The van der Waals surface area contributed by atoms with Crippen LogP contribution in [-0.2, 0) is 28.6 Å². The number of methoxy groups -OCH3 is 1. The van der Waals surface area contributed by atoms with Gasteiger partial charge in [0.05, 0.1) is 26.6 Å². The molecule has 0 saturated heterocycles. The second kappa shape index (κ2) is 7.18. The largest absolute Gasteiger partial charge is 1.00 e. The van der Waals surface area contributed by atoms with Gasteiger partial charge in [0, 0.05) is 0 Å². The number of rotatable bonds is 5. The summed E-state index contributed by atoms with van der Waals surface area (Å²) in [7, 11) is -2.53. The fraction of sp³-hybridized carbons (Fsp3) is 0.667. The molecule has 0 aromatic rings. The molecule has 0 aliphatic heterocycles. The molecule has 7 nitrogen and oxygen atoms in total. The summed E-state index contributed by atoms with van der Waals surface area (Å²) in [5, 5.41) is 8.34. The molecule has 1 atom stereocenters. The smallest absolute Gasteiger partial charge is 0.549 e. The van der Waals surface area contributed by atoms with E-state index in [1.165, 1.54) is 0 Å². The van der Waals surface area contributed by atoms with Crippen molar-refractivity contribution in [1.82, 2.24) is 0 Å². The van der Waals surface area contributed by atoms with Gasteiger partial charge in [-0.1, -0.05) is 0 Å². The van der Waals surface area contributed by atoms with Gasteiger partial charge in [0.2, 0.25) is 0 Å². The van der Waals surface area contributed by atoms with Crippen molar-refractivity contribution in [3.63, 3.8) is 0 Å². The summed E-state index contributed by atoms with van der Waals surface area (Å²) in [6, 6.07) is 0. The topological polar surface area (TPSA) is 110 Å². The average molecular weight is 248 g/mol. The molecule has 0 saturated carbocycles. The number of ether oxygens (including phenoxy) is 1. The second-order valence-electron chi connectivity index (χ2n) is 2.25. The summed E-state index contributed by atoms with van der Waals surface area (Å²) in [6.45, 7) is 0. The normalized spacial score (nSPS) is 12.4. The number of carboxylic acids is 1. The van der Waals surface area contributed by atoms with Crippen LogP contribution in [0.25, 0.3) is 0 Å². The molecule has 0 aromatic heterocycles. The molecule has 0 bridgehead atoms. The SMILES string of the molecule is COC(=O)CC(C(=O)[O-])S(=O)(=O)OC.[Na+]. The third kappa shape index (κ3) is 5.47. The number of aliphatic carboxylic acids is 1. The Bertz CT molecular complexity index is 322. The summed E-state index contributed by atoms with van der Waals surface area (Å²) >= 11 is 0. The molecule has 0 fully saturated rings. The Morgan fingerprint density at radius 3 is 2.07 bits per heavy atom. The fourth-order valence-corrected chi connectivity index (χ4v) is 1.46. The molecule has 9 heteroatoms. The molecule has 0 spiro atoms. The number of carboxylic acid groups (broad SMARTS) is 1. The van der Waals surface area contributed by atoms with E-state index in [2.05, 4.69) is 8.92 Å². The molecule has 0 aliphatic carbocycles. The Morgan fingerprint density at radius 2 is 1.80 bits per heavy atom. The maximum Gasteiger partial charge on any atom is 1.00 e. The Balaban J connectivity index is 0. The summed E-state index contributed by atoms with van der Waals surface area (Å²) < 4.78 is 30.0. The van der Waals surface area contributed by atoms with Crippen LogP contribution in [0, 0.1) is 0 Å². The number of esters is 1. The minimum absolute atomic E-state index is 0.